The second-order valence-electron chi connectivity index (χ2n) is 7.86. The molecule has 0 atom stereocenters. The highest BCUT2D eigenvalue weighted by molar-refractivity contribution is 9.10. The second kappa shape index (κ2) is 8.99. The second-order valence-corrected chi connectivity index (χ2v) is 8.77. The van der Waals surface area contributed by atoms with Crippen LogP contribution in [0, 0.1) is 0 Å². The van der Waals surface area contributed by atoms with Crippen LogP contribution in [0.3, 0.4) is 0 Å². The van der Waals surface area contributed by atoms with Crippen LogP contribution in [0.1, 0.15) is 22.7 Å². The van der Waals surface area contributed by atoms with Gasteiger partial charge >= 0.3 is 6.18 Å². The fraction of sp³-hybridized carbons (Fsp3) is 0.0741. The summed E-state index contributed by atoms with van der Waals surface area (Å²) < 4.78 is 46.7. The minimum atomic E-state index is -4.34. The van der Waals surface area contributed by atoms with Gasteiger partial charge in [0.25, 0.3) is 0 Å². The lowest BCUT2D eigenvalue weighted by Gasteiger charge is -2.06. The molecule has 3 nitrogen and oxygen atoms in total. The van der Waals surface area contributed by atoms with Gasteiger partial charge in [0, 0.05) is 27.6 Å². The highest BCUT2D eigenvalue weighted by Crippen LogP contribution is 2.30. The number of hydrogen-bond acceptors (Lipinski definition) is 2. The molecule has 0 saturated carbocycles. The Kier molecular flexibility index (Phi) is 5.87. The summed E-state index contributed by atoms with van der Waals surface area (Å²) in [5.74, 6) is 0.392. The molecule has 0 spiro atoms. The molecule has 2 aromatic heterocycles. The van der Waals surface area contributed by atoms with Gasteiger partial charge in [0.05, 0.1) is 17.8 Å². The van der Waals surface area contributed by atoms with Gasteiger partial charge in [-0.1, -0.05) is 46.3 Å². The van der Waals surface area contributed by atoms with Crippen LogP contribution < -0.4 is 0 Å². The van der Waals surface area contributed by atoms with Crippen LogP contribution in [-0.2, 0) is 12.7 Å². The molecule has 3 aromatic carbocycles. The van der Waals surface area contributed by atoms with E-state index in [1.54, 1.807) is 18.4 Å². The maximum Gasteiger partial charge on any atom is 0.416 e. The van der Waals surface area contributed by atoms with Gasteiger partial charge in [-0.05, 0) is 65.2 Å². The van der Waals surface area contributed by atoms with E-state index in [2.05, 4.69) is 61.9 Å². The number of fused-ring (bicyclic) bond motifs is 1. The molecule has 2 heterocycles. The Balaban J connectivity index is 1.30. The van der Waals surface area contributed by atoms with E-state index in [0.717, 1.165) is 44.3 Å². The van der Waals surface area contributed by atoms with Gasteiger partial charge in [-0.15, -0.1) is 0 Å². The molecule has 34 heavy (non-hydrogen) atoms. The third kappa shape index (κ3) is 4.84. The first-order valence-electron chi connectivity index (χ1n) is 10.5. The number of hydrogen-bond donors (Lipinski definition) is 0. The number of alkyl halides is 3. The zero-order chi connectivity index (χ0) is 23.7. The van der Waals surface area contributed by atoms with Gasteiger partial charge < -0.3 is 8.98 Å². The van der Waals surface area contributed by atoms with Gasteiger partial charge in [-0.25, -0.2) is 4.98 Å². The maximum absolute atomic E-state index is 12.7. The Morgan fingerprint density at radius 2 is 1.71 bits per heavy atom. The van der Waals surface area contributed by atoms with E-state index in [0.29, 0.717) is 18.0 Å². The summed E-state index contributed by atoms with van der Waals surface area (Å²) in [6.45, 7) is 0.539. The smallest absolute Gasteiger partial charge is 0.416 e. The summed E-state index contributed by atoms with van der Waals surface area (Å²) >= 11 is 3.52. The van der Waals surface area contributed by atoms with E-state index >= 15 is 0 Å². The zero-order valence-corrected chi connectivity index (χ0v) is 19.3. The van der Waals surface area contributed by atoms with Gasteiger partial charge in [0.1, 0.15) is 6.26 Å². The summed E-state index contributed by atoms with van der Waals surface area (Å²) in [7, 11) is 0. The zero-order valence-electron chi connectivity index (χ0n) is 17.8. The normalized spacial score (nSPS) is 12.1. The van der Waals surface area contributed by atoms with Crippen LogP contribution in [0.4, 0.5) is 13.2 Å². The number of aromatic nitrogens is 2. The fourth-order valence-electron chi connectivity index (χ4n) is 3.78. The van der Waals surface area contributed by atoms with E-state index in [1.807, 2.05) is 18.3 Å². The summed E-state index contributed by atoms with van der Waals surface area (Å²) in [4.78, 5) is 4.48. The van der Waals surface area contributed by atoms with E-state index in [-0.39, 0.29) is 0 Å². The van der Waals surface area contributed by atoms with Crippen molar-refractivity contribution in [2.24, 2.45) is 0 Å². The van der Waals surface area contributed by atoms with E-state index in [4.69, 9.17) is 4.42 Å². The number of nitrogens with zero attached hydrogens (tertiary/aromatic N) is 2. The Labute approximate surface area is 202 Å². The van der Waals surface area contributed by atoms with Crippen molar-refractivity contribution in [2.75, 3.05) is 0 Å². The third-order valence-electron chi connectivity index (χ3n) is 5.49. The van der Waals surface area contributed by atoms with Crippen molar-refractivity contribution in [2.45, 2.75) is 12.7 Å². The molecule has 0 aliphatic carbocycles. The summed E-state index contributed by atoms with van der Waals surface area (Å²) in [6.07, 6.45) is 2.58. The molecule has 5 rings (SSSR count). The third-order valence-corrected chi connectivity index (χ3v) is 5.98. The monoisotopic (exact) mass is 522 g/mol. The van der Waals surface area contributed by atoms with Crippen molar-refractivity contribution in [1.82, 2.24) is 9.55 Å². The average Bonchev–Trinajstić information content (AvgIpc) is 3.44. The van der Waals surface area contributed by atoms with Gasteiger partial charge in [-0.3, -0.25) is 0 Å². The summed E-state index contributed by atoms with van der Waals surface area (Å²) in [5, 5.41) is 1.13. The Bertz CT molecular complexity index is 1480. The number of rotatable bonds is 5. The number of oxazole rings is 1. The highest BCUT2D eigenvalue weighted by atomic mass is 79.9. The molecular formula is C27H18BrF3N2O. The van der Waals surface area contributed by atoms with Crippen LogP contribution >= 0.6 is 15.9 Å². The fourth-order valence-corrected chi connectivity index (χ4v) is 4.18. The molecule has 5 aromatic rings. The van der Waals surface area contributed by atoms with E-state index < -0.39 is 11.7 Å². The van der Waals surface area contributed by atoms with Crippen LogP contribution in [0.15, 0.2) is 94.1 Å². The molecule has 170 valence electrons. The Hall–Kier alpha value is -3.58. The summed E-state index contributed by atoms with van der Waals surface area (Å²) in [6, 6.07) is 21.6. The van der Waals surface area contributed by atoms with Crippen molar-refractivity contribution in [3.63, 3.8) is 0 Å². The Morgan fingerprint density at radius 3 is 2.47 bits per heavy atom. The van der Waals surface area contributed by atoms with Crippen LogP contribution in [0.2, 0.25) is 0 Å². The lowest BCUT2D eigenvalue weighted by Crippen LogP contribution is -2.03. The lowest BCUT2D eigenvalue weighted by atomic mass is 10.0. The minimum absolute atomic E-state index is 0.392. The van der Waals surface area contributed by atoms with Crippen LogP contribution in [0.25, 0.3) is 34.2 Å². The van der Waals surface area contributed by atoms with Crippen molar-refractivity contribution >= 4 is 39.0 Å². The Morgan fingerprint density at radius 1 is 0.912 bits per heavy atom. The molecule has 0 radical (unpaired) electrons. The SMILES string of the molecule is FC(F)(F)c1ccc(/C=C/c2nc(Cn3ccc4cc(-c5cccc(Br)c5)ccc43)co2)cc1. The molecule has 0 bridgehead atoms. The molecule has 0 N–H and O–H groups in total. The maximum atomic E-state index is 12.7. The lowest BCUT2D eigenvalue weighted by molar-refractivity contribution is -0.137. The van der Waals surface area contributed by atoms with Crippen molar-refractivity contribution < 1.29 is 17.6 Å². The molecule has 0 aliphatic rings. The molecule has 0 aliphatic heterocycles. The number of benzene rings is 3. The first-order valence-corrected chi connectivity index (χ1v) is 11.3. The topological polar surface area (TPSA) is 31.0 Å². The van der Waals surface area contributed by atoms with Crippen molar-refractivity contribution in [1.29, 1.82) is 0 Å². The van der Waals surface area contributed by atoms with Gasteiger partial charge in [0.2, 0.25) is 5.89 Å². The molecular weight excluding hydrogens is 505 g/mol. The predicted octanol–water partition coefficient (Wildman–Crippen LogP) is 8.30. The number of halogens is 4. The van der Waals surface area contributed by atoms with Crippen molar-refractivity contribution in [3.8, 4) is 11.1 Å². The quantitative estimate of drug-likeness (QED) is 0.232. The molecule has 0 fully saturated rings. The van der Waals surface area contributed by atoms with Crippen molar-refractivity contribution in [3.05, 3.63) is 112 Å². The summed E-state index contributed by atoms with van der Waals surface area (Å²) in [5.41, 5.74) is 4.08. The molecule has 0 saturated heterocycles. The molecule has 7 heteroatoms. The van der Waals surface area contributed by atoms with E-state index in [1.165, 1.54) is 12.1 Å². The predicted molar refractivity (Wildman–Crippen MR) is 131 cm³/mol. The van der Waals surface area contributed by atoms with Gasteiger partial charge in [-0.2, -0.15) is 13.2 Å². The van der Waals surface area contributed by atoms with E-state index in [9.17, 15) is 13.2 Å². The van der Waals surface area contributed by atoms with Crippen LogP contribution in [0.5, 0.6) is 0 Å². The minimum Gasteiger partial charge on any atom is -0.445 e. The standard InChI is InChI=1S/C27H18BrF3N2O/c28-23-3-1-2-19(15-23)20-7-10-25-21(14-20)12-13-33(25)16-24-17-34-26(32-24)11-6-18-4-8-22(9-5-18)27(29,30)31/h1-15,17H,16H2/b11-6+. The first kappa shape index (κ1) is 22.2. The molecule has 0 amide bonds. The molecule has 0 unspecified atom stereocenters. The first-order chi connectivity index (χ1) is 16.3. The average molecular weight is 523 g/mol. The van der Waals surface area contributed by atoms with Gasteiger partial charge in [0.15, 0.2) is 0 Å². The largest absolute Gasteiger partial charge is 0.445 e. The van der Waals surface area contributed by atoms with Crippen LogP contribution in [-0.4, -0.2) is 9.55 Å². The highest BCUT2D eigenvalue weighted by Gasteiger charge is 2.29.